The second-order valence-electron chi connectivity index (χ2n) is 3.60. The summed E-state index contributed by atoms with van der Waals surface area (Å²) in [5.74, 6) is 0.246. The molecule has 0 aliphatic carbocycles. The van der Waals surface area contributed by atoms with Gasteiger partial charge in [0.2, 0.25) is 0 Å². The molecule has 0 fully saturated rings. The highest BCUT2D eigenvalue weighted by atomic mass is 14.7. The minimum absolute atomic E-state index is 0.0292. The normalized spacial score (nSPS) is 10.5. The molecule has 0 aliphatic rings. The molecule has 0 amide bonds. The number of nitrogens with two attached hydrogens (primary N) is 3. The number of nitrogen functional groups attached to an aromatic ring is 3. The number of nitrogens with one attached hydrogen (secondary N) is 1. The number of hydrogen-bond donors (Lipinski definition) is 4. The van der Waals surface area contributed by atoms with E-state index in [4.69, 9.17) is 22.6 Å². The second kappa shape index (κ2) is 3.57. The van der Waals surface area contributed by atoms with E-state index in [0.29, 0.717) is 16.9 Å². The quantitative estimate of drug-likeness (QED) is 0.322. The van der Waals surface area contributed by atoms with Crippen LogP contribution in [0.3, 0.4) is 0 Å². The molecule has 7 N–H and O–H groups in total. The molecule has 1 rings (SSSR count). The Balaban J connectivity index is 3.45. The number of rotatable bonds is 2. The van der Waals surface area contributed by atoms with Crippen molar-refractivity contribution in [3.8, 4) is 0 Å². The Morgan fingerprint density at radius 3 is 2.29 bits per heavy atom. The van der Waals surface area contributed by atoms with Crippen molar-refractivity contribution in [3.05, 3.63) is 23.3 Å². The predicted molar refractivity (Wildman–Crippen MR) is 60.4 cm³/mol. The largest absolute Gasteiger partial charge is 0.397 e. The third-order valence-corrected chi connectivity index (χ3v) is 2.20. The zero-order valence-corrected chi connectivity index (χ0v) is 8.46. The first-order valence-corrected chi connectivity index (χ1v) is 4.47. The molecule has 4 heteroatoms. The van der Waals surface area contributed by atoms with Gasteiger partial charge >= 0.3 is 0 Å². The Morgan fingerprint density at radius 1 is 1.29 bits per heavy atom. The van der Waals surface area contributed by atoms with Gasteiger partial charge in [-0.3, -0.25) is 5.41 Å². The van der Waals surface area contributed by atoms with Gasteiger partial charge in [0.05, 0.1) is 11.4 Å². The van der Waals surface area contributed by atoms with Crippen molar-refractivity contribution < 1.29 is 0 Å². The van der Waals surface area contributed by atoms with Gasteiger partial charge in [-0.25, -0.2) is 0 Å². The summed E-state index contributed by atoms with van der Waals surface area (Å²) in [5, 5.41) is 7.45. The molecule has 0 heterocycles. The fourth-order valence-corrected chi connectivity index (χ4v) is 1.43. The Hall–Kier alpha value is -1.71. The van der Waals surface area contributed by atoms with Crippen LogP contribution in [-0.2, 0) is 0 Å². The summed E-state index contributed by atoms with van der Waals surface area (Å²) in [7, 11) is 0. The second-order valence-corrected chi connectivity index (χ2v) is 3.60. The molecular weight excluding hydrogens is 176 g/mol. The first kappa shape index (κ1) is 10.4. The van der Waals surface area contributed by atoms with Crippen LogP contribution in [0.15, 0.2) is 12.1 Å². The van der Waals surface area contributed by atoms with E-state index in [-0.39, 0.29) is 11.8 Å². The summed E-state index contributed by atoms with van der Waals surface area (Å²) in [4.78, 5) is 0. The van der Waals surface area contributed by atoms with Gasteiger partial charge in [-0.15, -0.1) is 0 Å². The minimum Gasteiger partial charge on any atom is -0.397 e. The van der Waals surface area contributed by atoms with Gasteiger partial charge in [0.15, 0.2) is 0 Å². The van der Waals surface area contributed by atoms with Crippen molar-refractivity contribution in [2.75, 3.05) is 11.5 Å². The first-order chi connectivity index (χ1) is 6.45. The predicted octanol–water partition coefficient (Wildman–Crippen LogP) is 1.26. The molecule has 0 bridgehead atoms. The number of hydrogen-bond acceptors (Lipinski definition) is 3. The third kappa shape index (κ3) is 1.64. The third-order valence-electron chi connectivity index (χ3n) is 2.20. The van der Waals surface area contributed by atoms with Crippen molar-refractivity contribution in [1.29, 1.82) is 5.41 Å². The molecule has 0 saturated carbocycles. The van der Waals surface area contributed by atoms with Crippen molar-refractivity contribution in [2.24, 2.45) is 5.73 Å². The Labute approximate surface area is 83.6 Å². The van der Waals surface area contributed by atoms with E-state index < -0.39 is 0 Å². The lowest BCUT2D eigenvalue weighted by molar-refractivity contribution is 0.864. The molecule has 0 unspecified atom stereocenters. The lowest BCUT2D eigenvalue weighted by Gasteiger charge is -2.15. The summed E-state index contributed by atoms with van der Waals surface area (Å²) in [5.41, 5.74) is 19.3. The molecule has 76 valence electrons. The van der Waals surface area contributed by atoms with Crippen molar-refractivity contribution in [2.45, 2.75) is 19.8 Å². The number of amidine groups is 1. The van der Waals surface area contributed by atoms with Gasteiger partial charge in [-0.05, 0) is 17.5 Å². The van der Waals surface area contributed by atoms with Crippen LogP contribution in [0.4, 0.5) is 11.4 Å². The van der Waals surface area contributed by atoms with Crippen LogP contribution < -0.4 is 17.2 Å². The molecule has 0 aliphatic heterocycles. The molecule has 0 aromatic heterocycles. The Bertz CT molecular complexity index is 369. The molecule has 4 nitrogen and oxygen atoms in total. The molecule has 0 radical (unpaired) electrons. The molecule has 1 aromatic rings. The molecular formula is C10H16N4. The van der Waals surface area contributed by atoms with Crippen molar-refractivity contribution in [1.82, 2.24) is 0 Å². The van der Waals surface area contributed by atoms with E-state index in [0.717, 1.165) is 5.56 Å². The van der Waals surface area contributed by atoms with Crippen molar-refractivity contribution >= 4 is 17.2 Å². The summed E-state index contributed by atoms with van der Waals surface area (Å²) in [6.45, 7) is 4.05. The maximum absolute atomic E-state index is 7.45. The first-order valence-electron chi connectivity index (χ1n) is 4.47. The molecule has 0 atom stereocenters. The molecule has 1 aromatic carbocycles. The van der Waals surface area contributed by atoms with E-state index in [1.807, 2.05) is 19.9 Å². The van der Waals surface area contributed by atoms with Crippen LogP contribution in [0.25, 0.3) is 0 Å². The standard InChI is InChI=1S/C10H16N4/c1-5(2)6-3-4-7(11)9(12)8(6)10(13)14/h3-5H,11-12H2,1-2H3,(H3,13,14). The molecule has 14 heavy (non-hydrogen) atoms. The summed E-state index contributed by atoms with van der Waals surface area (Å²) in [6.07, 6.45) is 0. The van der Waals surface area contributed by atoms with Crippen LogP contribution in [0.1, 0.15) is 30.9 Å². The van der Waals surface area contributed by atoms with Crippen LogP contribution >= 0.6 is 0 Å². The maximum atomic E-state index is 7.45. The highest BCUT2D eigenvalue weighted by Gasteiger charge is 2.13. The van der Waals surface area contributed by atoms with Gasteiger partial charge in [0.25, 0.3) is 0 Å². The average molecular weight is 192 g/mol. The number of anilines is 2. The van der Waals surface area contributed by atoms with E-state index in [1.54, 1.807) is 6.07 Å². The molecule has 0 spiro atoms. The lowest BCUT2D eigenvalue weighted by Crippen LogP contribution is -2.18. The van der Waals surface area contributed by atoms with Gasteiger partial charge in [0.1, 0.15) is 5.84 Å². The van der Waals surface area contributed by atoms with Gasteiger partial charge < -0.3 is 17.2 Å². The van der Waals surface area contributed by atoms with Crippen LogP contribution in [0, 0.1) is 5.41 Å². The lowest BCUT2D eigenvalue weighted by atomic mass is 9.94. The van der Waals surface area contributed by atoms with E-state index in [1.165, 1.54) is 0 Å². The zero-order chi connectivity index (χ0) is 10.9. The highest BCUT2D eigenvalue weighted by molar-refractivity contribution is 6.03. The van der Waals surface area contributed by atoms with Gasteiger partial charge in [-0.2, -0.15) is 0 Å². The van der Waals surface area contributed by atoms with Crippen LogP contribution in [-0.4, -0.2) is 5.84 Å². The van der Waals surface area contributed by atoms with E-state index >= 15 is 0 Å². The summed E-state index contributed by atoms with van der Waals surface area (Å²) >= 11 is 0. The monoisotopic (exact) mass is 192 g/mol. The Kier molecular flexibility index (Phi) is 2.65. The summed E-state index contributed by atoms with van der Waals surface area (Å²) < 4.78 is 0. The minimum atomic E-state index is -0.0292. The maximum Gasteiger partial charge on any atom is 0.125 e. The van der Waals surface area contributed by atoms with Gasteiger partial charge in [0, 0.05) is 5.56 Å². The van der Waals surface area contributed by atoms with Crippen LogP contribution in [0.5, 0.6) is 0 Å². The van der Waals surface area contributed by atoms with Gasteiger partial charge in [-0.1, -0.05) is 19.9 Å². The summed E-state index contributed by atoms with van der Waals surface area (Å²) in [6, 6.07) is 3.62. The topological polar surface area (TPSA) is 102 Å². The fraction of sp³-hybridized carbons (Fsp3) is 0.300. The zero-order valence-electron chi connectivity index (χ0n) is 8.46. The SMILES string of the molecule is CC(C)c1ccc(N)c(N)c1C(=N)N. The van der Waals surface area contributed by atoms with Crippen molar-refractivity contribution in [3.63, 3.8) is 0 Å². The fourth-order valence-electron chi connectivity index (χ4n) is 1.43. The van der Waals surface area contributed by atoms with Crippen LogP contribution in [0.2, 0.25) is 0 Å². The average Bonchev–Trinajstić information content (AvgIpc) is 2.08. The molecule has 0 saturated heterocycles. The Morgan fingerprint density at radius 2 is 1.86 bits per heavy atom. The van der Waals surface area contributed by atoms with E-state index in [9.17, 15) is 0 Å². The van der Waals surface area contributed by atoms with E-state index in [2.05, 4.69) is 0 Å². The highest BCUT2D eigenvalue weighted by Crippen LogP contribution is 2.28. The number of benzene rings is 1. The smallest absolute Gasteiger partial charge is 0.125 e.